The van der Waals surface area contributed by atoms with E-state index in [0.717, 1.165) is 41.7 Å². The average Bonchev–Trinajstić information content (AvgIpc) is 3.56. The predicted molar refractivity (Wildman–Crippen MR) is 124 cm³/mol. The van der Waals surface area contributed by atoms with Crippen LogP contribution in [0, 0.1) is 0 Å². The van der Waals surface area contributed by atoms with Gasteiger partial charge < -0.3 is 9.47 Å². The number of benzene rings is 2. The summed E-state index contributed by atoms with van der Waals surface area (Å²) in [5, 5.41) is 9.61. The largest absolute Gasteiger partial charge is 0.497 e. The Kier molecular flexibility index (Phi) is 6.15. The SMILES string of the molecule is COc1ccc(-c2nnc(SCCN3C(=O)c4ccccc4C3=O)n2C[C@H]2CCCO2)cc1. The number of amides is 2. The highest BCUT2D eigenvalue weighted by Crippen LogP contribution is 2.29. The van der Waals surface area contributed by atoms with Gasteiger partial charge in [-0.15, -0.1) is 10.2 Å². The van der Waals surface area contributed by atoms with Crippen molar-refractivity contribution in [3.8, 4) is 17.1 Å². The summed E-state index contributed by atoms with van der Waals surface area (Å²) in [4.78, 5) is 26.6. The van der Waals surface area contributed by atoms with Crippen molar-refractivity contribution in [2.24, 2.45) is 0 Å². The minimum Gasteiger partial charge on any atom is -0.497 e. The van der Waals surface area contributed by atoms with E-state index in [0.29, 0.717) is 30.0 Å². The molecule has 0 unspecified atom stereocenters. The summed E-state index contributed by atoms with van der Waals surface area (Å²) in [6.45, 7) is 1.73. The molecule has 0 aliphatic carbocycles. The molecule has 2 aromatic carbocycles. The highest BCUT2D eigenvalue weighted by molar-refractivity contribution is 7.99. The van der Waals surface area contributed by atoms with Gasteiger partial charge in [-0.3, -0.25) is 19.1 Å². The minimum atomic E-state index is -0.240. The number of carbonyl (C=O) groups is 2. The zero-order valence-corrected chi connectivity index (χ0v) is 19.1. The van der Waals surface area contributed by atoms with Crippen LogP contribution in [0.15, 0.2) is 53.7 Å². The van der Waals surface area contributed by atoms with Crippen molar-refractivity contribution in [2.45, 2.75) is 30.6 Å². The van der Waals surface area contributed by atoms with Crippen LogP contribution < -0.4 is 4.74 Å². The van der Waals surface area contributed by atoms with E-state index in [1.807, 2.05) is 24.3 Å². The molecule has 170 valence electrons. The van der Waals surface area contributed by atoms with Crippen molar-refractivity contribution in [3.05, 3.63) is 59.7 Å². The quantitative estimate of drug-likeness (QED) is 0.372. The number of nitrogens with zero attached hydrogens (tertiary/aromatic N) is 4. The molecular weight excluding hydrogens is 440 g/mol. The highest BCUT2D eigenvalue weighted by atomic mass is 32.2. The molecule has 0 spiro atoms. The van der Waals surface area contributed by atoms with Gasteiger partial charge in [-0.1, -0.05) is 23.9 Å². The molecular formula is C24H24N4O4S. The molecule has 1 fully saturated rings. The Bertz CT molecular complexity index is 1140. The van der Waals surface area contributed by atoms with E-state index in [1.54, 1.807) is 31.4 Å². The summed E-state index contributed by atoms with van der Waals surface area (Å²) in [7, 11) is 1.64. The summed E-state index contributed by atoms with van der Waals surface area (Å²) in [6.07, 6.45) is 2.17. The zero-order valence-electron chi connectivity index (χ0n) is 18.3. The number of fused-ring (bicyclic) bond motifs is 1. The number of ether oxygens (including phenoxy) is 2. The Hall–Kier alpha value is -3.17. The molecule has 2 amide bonds. The van der Waals surface area contributed by atoms with Gasteiger partial charge >= 0.3 is 0 Å². The summed E-state index contributed by atoms with van der Waals surface area (Å²) in [6, 6.07) is 14.7. The lowest BCUT2D eigenvalue weighted by Gasteiger charge is -2.16. The molecule has 33 heavy (non-hydrogen) atoms. The van der Waals surface area contributed by atoms with Crippen molar-refractivity contribution in [1.29, 1.82) is 0 Å². The van der Waals surface area contributed by atoms with Crippen LogP contribution in [0.2, 0.25) is 0 Å². The van der Waals surface area contributed by atoms with Crippen LogP contribution in [0.1, 0.15) is 33.6 Å². The topological polar surface area (TPSA) is 86.6 Å². The van der Waals surface area contributed by atoms with E-state index in [-0.39, 0.29) is 17.9 Å². The van der Waals surface area contributed by atoms with E-state index in [4.69, 9.17) is 9.47 Å². The smallest absolute Gasteiger partial charge is 0.261 e. The molecule has 9 heteroatoms. The van der Waals surface area contributed by atoms with Crippen LogP contribution in [-0.4, -0.2) is 63.6 Å². The van der Waals surface area contributed by atoms with Gasteiger partial charge in [0.15, 0.2) is 11.0 Å². The van der Waals surface area contributed by atoms with E-state index in [1.165, 1.54) is 16.7 Å². The Balaban J connectivity index is 1.33. The summed E-state index contributed by atoms with van der Waals surface area (Å²) < 4.78 is 13.2. The van der Waals surface area contributed by atoms with E-state index < -0.39 is 0 Å². The molecule has 3 heterocycles. The average molecular weight is 465 g/mol. The van der Waals surface area contributed by atoms with Gasteiger partial charge in [0.2, 0.25) is 0 Å². The summed E-state index contributed by atoms with van der Waals surface area (Å²) in [5.74, 6) is 1.58. The first-order valence-corrected chi connectivity index (χ1v) is 11.9. The Labute approximate surface area is 195 Å². The van der Waals surface area contributed by atoms with Crippen LogP contribution >= 0.6 is 11.8 Å². The van der Waals surface area contributed by atoms with Gasteiger partial charge in [0.1, 0.15) is 5.75 Å². The number of hydrogen-bond acceptors (Lipinski definition) is 7. The van der Waals surface area contributed by atoms with Crippen molar-refractivity contribution < 1.29 is 19.1 Å². The monoisotopic (exact) mass is 464 g/mol. The van der Waals surface area contributed by atoms with Crippen LogP contribution in [0.3, 0.4) is 0 Å². The second-order valence-corrected chi connectivity index (χ2v) is 9.00. The molecule has 0 N–H and O–H groups in total. The molecule has 8 nitrogen and oxygen atoms in total. The first-order valence-electron chi connectivity index (χ1n) is 10.9. The maximum absolute atomic E-state index is 12.6. The van der Waals surface area contributed by atoms with Gasteiger partial charge in [0, 0.05) is 24.5 Å². The minimum absolute atomic E-state index is 0.119. The molecule has 5 rings (SSSR count). The van der Waals surface area contributed by atoms with Crippen LogP contribution in [0.25, 0.3) is 11.4 Å². The number of methoxy groups -OCH3 is 1. The lowest BCUT2D eigenvalue weighted by Crippen LogP contribution is -2.31. The molecule has 1 saturated heterocycles. The maximum atomic E-state index is 12.6. The number of imide groups is 1. The first-order chi connectivity index (χ1) is 16.2. The van der Waals surface area contributed by atoms with Crippen molar-refractivity contribution in [1.82, 2.24) is 19.7 Å². The van der Waals surface area contributed by atoms with Gasteiger partial charge in [-0.05, 0) is 49.2 Å². The Morgan fingerprint density at radius 1 is 1.06 bits per heavy atom. The Morgan fingerprint density at radius 2 is 1.79 bits per heavy atom. The molecule has 1 aromatic heterocycles. The zero-order chi connectivity index (χ0) is 22.8. The fourth-order valence-electron chi connectivity index (χ4n) is 4.18. The molecule has 0 saturated carbocycles. The third-order valence-electron chi connectivity index (χ3n) is 5.90. The summed E-state index contributed by atoms with van der Waals surface area (Å²) >= 11 is 1.49. The fourth-order valence-corrected chi connectivity index (χ4v) is 5.05. The highest BCUT2D eigenvalue weighted by Gasteiger charge is 2.34. The predicted octanol–water partition coefficient (Wildman–Crippen LogP) is 3.52. The van der Waals surface area contributed by atoms with Gasteiger partial charge in [-0.25, -0.2) is 0 Å². The molecule has 0 bridgehead atoms. The van der Waals surface area contributed by atoms with Crippen LogP contribution in [-0.2, 0) is 11.3 Å². The van der Waals surface area contributed by atoms with E-state index >= 15 is 0 Å². The lowest BCUT2D eigenvalue weighted by molar-refractivity contribution is 0.0664. The summed E-state index contributed by atoms with van der Waals surface area (Å²) in [5.41, 5.74) is 1.88. The van der Waals surface area contributed by atoms with Gasteiger partial charge in [0.25, 0.3) is 11.8 Å². The second kappa shape index (κ2) is 9.36. The van der Waals surface area contributed by atoms with Gasteiger partial charge in [0.05, 0.1) is 30.9 Å². The van der Waals surface area contributed by atoms with E-state index in [9.17, 15) is 9.59 Å². The maximum Gasteiger partial charge on any atom is 0.261 e. The number of hydrogen-bond donors (Lipinski definition) is 0. The number of aromatic nitrogens is 3. The van der Waals surface area contributed by atoms with Crippen LogP contribution in [0.4, 0.5) is 0 Å². The third kappa shape index (κ3) is 4.26. The normalized spacial score (nSPS) is 17.6. The van der Waals surface area contributed by atoms with Crippen molar-refractivity contribution >= 4 is 23.6 Å². The number of thioether (sulfide) groups is 1. The standard InChI is InChI=1S/C24H24N4O4S/c1-31-17-10-8-16(9-11-17)21-25-26-24(28(21)15-18-5-4-13-32-18)33-14-12-27-22(29)19-6-2-3-7-20(19)23(27)30/h2-3,6-11,18H,4-5,12-15H2,1H3/t18-/m1/s1. The molecule has 1 atom stereocenters. The molecule has 2 aliphatic heterocycles. The molecule has 2 aliphatic rings. The van der Waals surface area contributed by atoms with Crippen LogP contribution in [0.5, 0.6) is 5.75 Å². The lowest BCUT2D eigenvalue weighted by atomic mass is 10.1. The fraction of sp³-hybridized carbons (Fsp3) is 0.333. The van der Waals surface area contributed by atoms with Crippen molar-refractivity contribution in [3.63, 3.8) is 0 Å². The van der Waals surface area contributed by atoms with E-state index in [2.05, 4.69) is 14.8 Å². The molecule has 0 radical (unpaired) electrons. The first kappa shape index (κ1) is 21.7. The third-order valence-corrected chi connectivity index (χ3v) is 6.85. The molecule has 3 aromatic rings. The number of carbonyl (C=O) groups excluding carboxylic acids is 2. The number of rotatable bonds is 8. The Morgan fingerprint density at radius 3 is 2.42 bits per heavy atom. The second-order valence-electron chi connectivity index (χ2n) is 7.94. The van der Waals surface area contributed by atoms with Crippen molar-refractivity contribution in [2.75, 3.05) is 26.0 Å². The van der Waals surface area contributed by atoms with Gasteiger partial charge in [-0.2, -0.15) is 0 Å².